The Labute approximate surface area is 200 Å². The van der Waals surface area contributed by atoms with Gasteiger partial charge in [0.05, 0.1) is 0 Å². The van der Waals surface area contributed by atoms with Gasteiger partial charge >= 0.3 is 0 Å². The van der Waals surface area contributed by atoms with Crippen LogP contribution >= 0.6 is 11.5 Å². The first kappa shape index (κ1) is 24.8. The molecule has 0 fully saturated rings. The Morgan fingerprint density at radius 1 is 1.09 bits per heavy atom. The summed E-state index contributed by atoms with van der Waals surface area (Å²) in [4.78, 5) is 19.4. The number of benzene rings is 2. The Morgan fingerprint density at radius 3 is 2.58 bits per heavy atom. The quantitative estimate of drug-likeness (QED) is 0.365. The maximum Gasteiger partial charge on any atom is 0.221 e. The van der Waals surface area contributed by atoms with E-state index in [2.05, 4.69) is 40.6 Å². The summed E-state index contributed by atoms with van der Waals surface area (Å²) in [5.74, 6) is 0.541. The molecule has 3 aromatic rings. The summed E-state index contributed by atoms with van der Waals surface area (Å²) in [5.41, 5.74) is 2.27. The molecule has 1 heterocycles. The van der Waals surface area contributed by atoms with Crippen LogP contribution in [0.4, 0.5) is 9.52 Å². The summed E-state index contributed by atoms with van der Waals surface area (Å²) in [6.07, 6.45) is 4.96. The zero-order valence-electron chi connectivity index (χ0n) is 19.5. The number of carbonyl (C=O) groups is 1. The lowest BCUT2D eigenvalue weighted by Crippen LogP contribution is -2.36. The van der Waals surface area contributed by atoms with Crippen molar-refractivity contribution in [2.75, 3.05) is 18.0 Å². The minimum Gasteiger partial charge on any atom is -0.354 e. The van der Waals surface area contributed by atoms with Gasteiger partial charge in [-0.3, -0.25) is 4.79 Å². The molecule has 0 bridgehead atoms. The predicted molar refractivity (Wildman–Crippen MR) is 133 cm³/mol. The number of nitrogens with zero attached hydrogens (tertiary/aromatic N) is 3. The Kier molecular flexibility index (Phi) is 9.81. The molecular weight excluding hydrogens is 435 g/mol. The Hall–Kier alpha value is -2.80. The van der Waals surface area contributed by atoms with Crippen LogP contribution in [0.5, 0.6) is 0 Å². The van der Waals surface area contributed by atoms with Gasteiger partial charge in [0.15, 0.2) is 0 Å². The third kappa shape index (κ3) is 8.57. The molecule has 0 spiro atoms. The molecule has 176 valence electrons. The van der Waals surface area contributed by atoms with Gasteiger partial charge in [0.2, 0.25) is 11.0 Å². The summed E-state index contributed by atoms with van der Waals surface area (Å²) < 4.78 is 17.6. The highest BCUT2D eigenvalue weighted by atomic mass is 32.1. The molecule has 2 aromatic carbocycles. The molecule has 0 aliphatic rings. The van der Waals surface area contributed by atoms with Crippen molar-refractivity contribution in [3.8, 4) is 0 Å². The van der Waals surface area contributed by atoms with Gasteiger partial charge in [-0.2, -0.15) is 4.37 Å². The molecule has 1 unspecified atom stereocenters. The molecule has 0 saturated heterocycles. The van der Waals surface area contributed by atoms with Crippen molar-refractivity contribution >= 4 is 22.6 Å². The number of aromatic nitrogens is 2. The third-order valence-corrected chi connectivity index (χ3v) is 6.32. The Morgan fingerprint density at radius 2 is 1.85 bits per heavy atom. The molecule has 7 heteroatoms. The van der Waals surface area contributed by atoms with Gasteiger partial charge in [0.1, 0.15) is 11.6 Å². The molecule has 5 nitrogen and oxygen atoms in total. The highest BCUT2D eigenvalue weighted by Gasteiger charge is 2.15. The number of nitrogens with one attached hydrogen (secondary N) is 1. The van der Waals surface area contributed by atoms with Crippen molar-refractivity contribution in [3.05, 3.63) is 77.4 Å². The number of amides is 1. The molecule has 1 atom stereocenters. The summed E-state index contributed by atoms with van der Waals surface area (Å²) in [7, 11) is 0. The van der Waals surface area contributed by atoms with Crippen molar-refractivity contribution < 1.29 is 9.18 Å². The third-order valence-electron chi connectivity index (χ3n) is 5.51. The van der Waals surface area contributed by atoms with E-state index in [4.69, 9.17) is 4.98 Å². The molecule has 1 amide bonds. The average Bonchev–Trinajstić information content (AvgIpc) is 3.28. The first-order valence-corrected chi connectivity index (χ1v) is 12.5. The summed E-state index contributed by atoms with van der Waals surface area (Å²) >= 11 is 1.36. The van der Waals surface area contributed by atoms with E-state index in [0.717, 1.165) is 48.7 Å². The summed E-state index contributed by atoms with van der Waals surface area (Å²) in [5, 5.41) is 3.97. The second-order valence-electron chi connectivity index (χ2n) is 8.38. The Balaban J connectivity index is 1.49. The smallest absolute Gasteiger partial charge is 0.221 e. The lowest BCUT2D eigenvalue weighted by Gasteiger charge is -2.21. The van der Waals surface area contributed by atoms with Gasteiger partial charge in [-0.05, 0) is 49.4 Å². The maximum atomic E-state index is 13.1. The number of anilines is 1. The normalized spacial score (nSPS) is 11.8. The van der Waals surface area contributed by atoms with Crippen LogP contribution in [0.15, 0.2) is 54.6 Å². The highest BCUT2D eigenvalue weighted by Crippen LogP contribution is 2.20. The van der Waals surface area contributed by atoms with E-state index in [1.165, 1.54) is 29.2 Å². The Bertz CT molecular complexity index is 977. The van der Waals surface area contributed by atoms with Gasteiger partial charge in [0, 0.05) is 43.5 Å². The molecule has 0 aliphatic carbocycles. The fourth-order valence-electron chi connectivity index (χ4n) is 3.57. The maximum absolute atomic E-state index is 13.1. The first-order valence-electron chi connectivity index (χ1n) is 11.7. The molecule has 0 saturated carbocycles. The van der Waals surface area contributed by atoms with Crippen LogP contribution in [0.2, 0.25) is 0 Å². The lowest BCUT2D eigenvalue weighted by atomic mass is 10.1. The SMILES string of the molecule is CCCCN(CCC(=O)NC(C)CCc1ccccc1)c1nc(Cc2ccc(F)cc2)ns1. The molecule has 1 N–H and O–H groups in total. The number of hydrogen-bond acceptors (Lipinski definition) is 5. The molecule has 33 heavy (non-hydrogen) atoms. The van der Waals surface area contributed by atoms with E-state index >= 15 is 0 Å². The number of halogens is 1. The van der Waals surface area contributed by atoms with Crippen LogP contribution < -0.4 is 10.2 Å². The molecule has 3 rings (SSSR count). The molecule has 0 aliphatic heterocycles. The number of rotatable bonds is 13. The van der Waals surface area contributed by atoms with Crippen molar-refractivity contribution in [1.82, 2.24) is 14.7 Å². The number of hydrogen-bond donors (Lipinski definition) is 1. The predicted octanol–water partition coefficient (Wildman–Crippen LogP) is 5.40. The van der Waals surface area contributed by atoms with Crippen LogP contribution in [0.3, 0.4) is 0 Å². The van der Waals surface area contributed by atoms with Crippen molar-refractivity contribution in [3.63, 3.8) is 0 Å². The van der Waals surface area contributed by atoms with Crippen molar-refractivity contribution in [2.45, 2.75) is 58.4 Å². The van der Waals surface area contributed by atoms with E-state index in [-0.39, 0.29) is 17.8 Å². The second kappa shape index (κ2) is 13.0. The second-order valence-corrected chi connectivity index (χ2v) is 9.11. The minimum absolute atomic E-state index is 0.0631. The lowest BCUT2D eigenvalue weighted by molar-refractivity contribution is -0.121. The van der Waals surface area contributed by atoms with E-state index in [1.54, 1.807) is 12.1 Å². The monoisotopic (exact) mass is 468 g/mol. The van der Waals surface area contributed by atoms with Gasteiger partial charge in [-0.25, -0.2) is 9.37 Å². The number of carbonyl (C=O) groups excluding carboxylic acids is 1. The number of aryl methyl sites for hydroxylation is 1. The first-order chi connectivity index (χ1) is 16.0. The fraction of sp³-hybridized carbons (Fsp3) is 0.423. The molecule has 1 aromatic heterocycles. The molecular formula is C26H33FN4OS. The zero-order valence-corrected chi connectivity index (χ0v) is 20.3. The van der Waals surface area contributed by atoms with E-state index in [1.807, 2.05) is 18.2 Å². The molecule has 0 radical (unpaired) electrons. The largest absolute Gasteiger partial charge is 0.354 e. The van der Waals surface area contributed by atoms with Crippen LogP contribution in [0.1, 0.15) is 56.5 Å². The zero-order chi connectivity index (χ0) is 23.5. The van der Waals surface area contributed by atoms with Gasteiger partial charge in [-0.1, -0.05) is 55.8 Å². The van der Waals surface area contributed by atoms with Gasteiger partial charge in [-0.15, -0.1) is 0 Å². The van der Waals surface area contributed by atoms with Crippen LogP contribution in [-0.4, -0.2) is 34.4 Å². The topological polar surface area (TPSA) is 58.1 Å². The average molecular weight is 469 g/mol. The van der Waals surface area contributed by atoms with Gasteiger partial charge < -0.3 is 10.2 Å². The summed E-state index contributed by atoms with van der Waals surface area (Å²) in [6.45, 7) is 5.67. The summed E-state index contributed by atoms with van der Waals surface area (Å²) in [6, 6.07) is 16.9. The van der Waals surface area contributed by atoms with Crippen LogP contribution in [0, 0.1) is 5.82 Å². The van der Waals surface area contributed by atoms with Crippen molar-refractivity contribution in [1.29, 1.82) is 0 Å². The van der Waals surface area contributed by atoms with E-state index < -0.39 is 0 Å². The standard InChI is InChI=1S/C26H33FN4OS/c1-3-4-17-31(26-29-24(30-33-26)19-22-12-14-23(27)15-13-22)18-16-25(32)28-20(2)10-11-21-8-6-5-7-9-21/h5-9,12-15,20H,3-4,10-11,16-19H2,1-2H3,(H,28,32). The van der Waals surface area contributed by atoms with Crippen LogP contribution in [0.25, 0.3) is 0 Å². The minimum atomic E-state index is -0.246. The van der Waals surface area contributed by atoms with Crippen LogP contribution in [-0.2, 0) is 17.6 Å². The number of unbranched alkanes of at least 4 members (excludes halogenated alkanes) is 1. The fourth-order valence-corrected chi connectivity index (χ4v) is 4.30. The van der Waals surface area contributed by atoms with Crippen molar-refractivity contribution in [2.24, 2.45) is 0 Å². The highest BCUT2D eigenvalue weighted by molar-refractivity contribution is 7.09. The van der Waals surface area contributed by atoms with E-state index in [0.29, 0.717) is 19.4 Å². The van der Waals surface area contributed by atoms with E-state index in [9.17, 15) is 9.18 Å². The van der Waals surface area contributed by atoms with Gasteiger partial charge in [0.25, 0.3) is 0 Å².